The van der Waals surface area contributed by atoms with Crippen molar-refractivity contribution in [3.63, 3.8) is 0 Å². The van der Waals surface area contributed by atoms with Gasteiger partial charge < -0.3 is 14.8 Å². The number of nitrogens with zero attached hydrogens (tertiary/aromatic N) is 2. The second-order valence-electron chi connectivity index (χ2n) is 7.46. The first-order chi connectivity index (χ1) is 16.6. The number of ketones is 1. The van der Waals surface area contributed by atoms with Crippen LogP contribution in [-0.4, -0.2) is 42.3 Å². The molecule has 0 aliphatic rings. The molecule has 1 aromatic heterocycles. The van der Waals surface area contributed by atoms with E-state index in [0.717, 1.165) is 33.2 Å². The van der Waals surface area contributed by atoms with Crippen LogP contribution in [0, 0.1) is 0 Å². The molecule has 1 N–H and O–H groups in total. The van der Waals surface area contributed by atoms with E-state index in [1.54, 1.807) is 14.2 Å². The highest BCUT2D eigenvalue weighted by molar-refractivity contribution is 9.10. The van der Waals surface area contributed by atoms with E-state index in [1.807, 2.05) is 66.7 Å². The van der Waals surface area contributed by atoms with E-state index in [-0.39, 0.29) is 11.5 Å². The average Bonchev–Trinajstić information content (AvgIpc) is 2.87. The highest BCUT2D eigenvalue weighted by atomic mass is 79.9. The summed E-state index contributed by atoms with van der Waals surface area (Å²) in [7, 11) is 3.26. The fourth-order valence-corrected chi connectivity index (χ4v) is 4.48. The van der Waals surface area contributed by atoms with Gasteiger partial charge in [0, 0.05) is 22.0 Å². The number of benzene rings is 3. The third-order valence-corrected chi connectivity index (χ3v) is 6.61. The number of carbonyl (C=O) groups is 1. The van der Waals surface area contributed by atoms with Crippen molar-refractivity contribution in [1.29, 1.82) is 0 Å². The Morgan fingerprint density at radius 1 is 0.971 bits per heavy atom. The Kier molecular flexibility index (Phi) is 8.03. The largest absolute Gasteiger partial charge is 0.493 e. The van der Waals surface area contributed by atoms with Gasteiger partial charge in [-0.1, -0.05) is 58.0 Å². The van der Waals surface area contributed by atoms with Crippen molar-refractivity contribution in [3.05, 3.63) is 82.3 Å². The summed E-state index contributed by atoms with van der Waals surface area (Å²) in [5.41, 5.74) is 2.63. The number of rotatable bonds is 10. The molecule has 4 aromatic rings. The second-order valence-corrected chi connectivity index (χ2v) is 9.31. The molecule has 0 aliphatic carbocycles. The van der Waals surface area contributed by atoms with Crippen LogP contribution in [0.3, 0.4) is 0 Å². The highest BCUT2D eigenvalue weighted by Crippen LogP contribution is 2.28. The Labute approximate surface area is 211 Å². The number of thioether (sulfide) groups is 1. The van der Waals surface area contributed by atoms with Crippen LogP contribution >= 0.6 is 27.7 Å². The van der Waals surface area contributed by atoms with Crippen molar-refractivity contribution in [2.75, 3.05) is 31.8 Å². The minimum atomic E-state index is 0.0391. The number of ether oxygens (including phenoxy) is 2. The van der Waals surface area contributed by atoms with Crippen LogP contribution in [0.4, 0.5) is 5.82 Å². The van der Waals surface area contributed by atoms with Crippen LogP contribution in [0.2, 0.25) is 0 Å². The molecule has 0 unspecified atom stereocenters. The molecule has 174 valence electrons. The Hall–Kier alpha value is -3.10. The number of para-hydroxylation sites is 1. The summed E-state index contributed by atoms with van der Waals surface area (Å²) in [6.45, 7) is 0.679. The summed E-state index contributed by atoms with van der Waals surface area (Å²) in [4.78, 5) is 21.9. The van der Waals surface area contributed by atoms with Crippen LogP contribution in [0.1, 0.15) is 15.9 Å². The molecule has 4 rings (SSSR count). The molecule has 0 spiro atoms. The van der Waals surface area contributed by atoms with Crippen molar-refractivity contribution >= 4 is 50.2 Å². The van der Waals surface area contributed by atoms with Crippen LogP contribution in [0.5, 0.6) is 11.5 Å². The van der Waals surface area contributed by atoms with E-state index in [2.05, 4.69) is 26.2 Å². The number of aromatic nitrogens is 2. The molecule has 0 amide bonds. The number of halogens is 1. The Morgan fingerprint density at radius 3 is 2.50 bits per heavy atom. The van der Waals surface area contributed by atoms with Crippen LogP contribution in [0.25, 0.3) is 10.9 Å². The van der Waals surface area contributed by atoms with Gasteiger partial charge in [0.05, 0.1) is 25.5 Å². The van der Waals surface area contributed by atoms with E-state index in [9.17, 15) is 4.79 Å². The number of Topliss-reactive ketones (excluding diaryl/α,β-unsaturated/α-hetero) is 1. The summed E-state index contributed by atoms with van der Waals surface area (Å²) in [6.07, 6.45) is 0.781. The van der Waals surface area contributed by atoms with Gasteiger partial charge in [0.2, 0.25) is 0 Å². The molecule has 6 nitrogen and oxygen atoms in total. The molecule has 8 heteroatoms. The predicted molar refractivity (Wildman–Crippen MR) is 140 cm³/mol. The lowest BCUT2D eigenvalue weighted by molar-refractivity contribution is 0.102. The van der Waals surface area contributed by atoms with Gasteiger partial charge in [-0.3, -0.25) is 4.79 Å². The lowest BCUT2D eigenvalue weighted by atomic mass is 10.1. The number of carbonyl (C=O) groups excluding carboxylic acids is 1. The number of methoxy groups -OCH3 is 2. The minimum absolute atomic E-state index is 0.0391. The summed E-state index contributed by atoms with van der Waals surface area (Å²) in [6, 6.07) is 21.1. The van der Waals surface area contributed by atoms with Crippen LogP contribution in [0.15, 0.2) is 76.4 Å². The molecule has 0 atom stereocenters. The van der Waals surface area contributed by atoms with E-state index < -0.39 is 0 Å². The maximum Gasteiger partial charge on any atom is 0.190 e. The number of fused-ring (bicyclic) bond motifs is 1. The van der Waals surface area contributed by atoms with Gasteiger partial charge in [-0.25, -0.2) is 9.97 Å². The molecule has 0 saturated carbocycles. The summed E-state index contributed by atoms with van der Waals surface area (Å²) in [5, 5.41) is 4.95. The molecule has 0 aliphatic heterocycles. The zero-order valence-corrected chi connectivity index (χ0v) is 21.3. The monoisotopic (exact) mass is 537 g/mol. The van der Waals surface area contributed by atoms with Crippen molar-refractivity contribution in [1.82, 2.24) is 9.97 Å². The van der Waals surface area contributed by atoms with E-state index >= 15 is 0 Å². The van der Waals surface area contributed by atoms with E-state index in [0.29, 0.717) is 28.8 Å². The fourth-order valence-electron chi connectivity index (χ4n) is 3.47. The van der Waals surface area contributed by atoms with Crippen molar-refractivity contribution in [2.45, 2.75) is 11.6 Å². The van der Waals surface area contributed by atoms with Crippen molar-refractivity contribution < 1.29 is 14.3 Å². The molecular formula is C26H24BrN3O3S. The standard InChI is InChI=1S/C26H24BrN3O3S/c1-32-23-12-7-17(15-24(23)33-2)13-14-28-25-20-5-3-4-6-21(20)29-26(30-25)34-16-22(31)18-8-10-19(27)11-9-18/h3-12,15H,13-14,16H2,1-2H3,(H,28,29,30). The topological polar surface area (TPSA) is 73.3 Å². The molecule has 34 heavy (non-hydrogen) atoms. The summed E-state index contributed by atoms with van der Waals surface area (Å²) >= 11 is 4.74. The number of hydrogen-bond donors (Lipinski definition) is 1. The minimum Gasteiger partial charge on any atom is -0.493 e. The Bertz CT molecular complexity index is 1300. The normalized spacial score (nSPS) is 10.8. The van der Waals surface area contributed by atoms with Gasteiger partial charge >= 0.3 is 0 Å². The first-order valence-electron chi connectivity index (χ1n) is 10.7. The number of hydrogen-bond acceptors (Lipinski definition) is 7. The molecule has 0 fully saturated rings. The van der Waals surface area contributed by atoms with Gasteiger partial charge in [0.25, 0.3) is 0 Å². The number of anilines is 1. The third kappa shape index (κ3) is 5.87. The smallest absolute Gasteiger partial charge is 0.190 e. The molecule has 3 aromatic carbocycles. The molecular weight excluding hydrogens is 514 g/mol. The summed E-state index contributed by atoms with van der Waals surface area (Å²) in [5.74, 6) is 2.48. The van der Waals surface area contributed by atoms with Gasteiger partial charge in [0.1, 0.15) is 5.82 Å². The first-order valence-corrected chi connectivity index (χ1v) is 12.5. The lowest BCUT2D eigenvalue weighted by Gasteiger charge is -2.12. The molecule has 0 bridgehead atoms. The maximum atomic E-state index is 12.6. The van der Waals surface area contributed by atoms with E-state index in [1.165, 1.54) is 11.8 Å². The van der Waals surface area contributed by atoms with Crippen LogP contribution < -0.4 is 14.8 Å². The third-order valence-electron chi connectivity index (χ3n) is 5.24. The Balaban J connectivity index is 1.46. The zero-order valence-electron chi connectivity index (χ0n) is 18.9. The maximum absolute atomic E-state index is 12.6. The van der Waals surface area contributed by atoms with Gasteiger partial charge in [-0.15, -0.1) is 0 Å². The first kappa shape index (κ1) is 24.0. The van der Waals surface area contributed by atoms with Crippen molar-refractivity contribution in [2.24, 2.45) is 0 Å². The number of nitrogens with one attached hydrogen (secondary N) is 1. The van der Waals surface area contributed by atoms with Gasteiger partial charge in [-0.05, 0) is 48.4 Å². The SMILES string of the molecule is COc1ccc(CCNc2nc(SCC(=O)c3ccc(Br)cc3)nc3ccccc23)cc1OC. The zero-order chi connectivity index (χ0) is 23.9. The highest BCUT2D eigenvalue weighted by Gasteiger charge is 2.12. The summed E-state index contributed by atoms with van der Waals surface area (Å²) < 4.78 is 11.7. The molecule has 0 saturated heterocycles. The average molecular weight is 538 g/mol. The van der Waals surface area contributed by atoms with Gasteiger partial charge in [0.15, 0.2) is 22.4 Å². The molecule has 0 radical (unpaired) electrons. The van der Waals surface area contributed by atoms with Crippen LogP contribution in [-0.2, 0) is 6.42 Å². The Morgan fingerprint density at radius 2 is 1.74 bits per heavy atom. The predicted octanol–water partition coefficient (Wildman–Crippen LogP) is 6.04. The van der Waals surface area contributed by atoms with E-state index in [4.69, 9.17) is 14.5 Å². The molecule has 1 heterocycles. The van der Waals surface area contributed by atoms with Gasteiger partial charge in [-0.2, -0.15) is 0 Å². The quantitative estimate of drug-likeness (QED) is 0.150. The second kappa shape index (κ2) is 11.4. The van der Waals surface area contributed by atoms with Crippen molar-refractivity contribution in [3.8, 4) is 11.5 Å². The lowest BCUT2D eigenvalue weighted by Crippen LogP contribution is -2.09. The fraction of sp³-hybridized carbons (Fsp3) is 0.192.